The fraction of sp³-hybridized carbons (Fsp3) is 0.167. The van der Waals surface area contributed by atoms with Crippen LogP contribution in [0.25, 0.3) is 0 Å². The Morgan fingerprint density at radius 3 is 2.30 bits per heavy atom. The molecule has 4 rings (SSSR count). The first-order valence-corrected chi connectivity index (χ1v) is 11.6. The summed E-state index contributed by atoms with van der Waals surface area (Å²) in [4.78, 5) is 12.1. The molecular weight excluding hydrogens is 445 g/mol. The van der Waals surface area contributed by atoms with Crippen LogP contribution in [0.3, 0.4) is 0 Å². The molecule has 1 heterocycles. The van der Waals surface area contributed by atoms with Gasteiger partial charge in [-0.2, -0.15) is 13.5 Å². The minimum Gasteiger partial charge on any atom is -0.496 e. The number of rotatable bonds is 6. The number of hydrazone groups is 1. The summed E-state index contributed by atoms with van der Waals surface area (Å²) < 4.78 is 45.0. The smallest absolute Gasteiger partial charge is 0.290 e. The quantitative estimate of drug-likeness (QED) is 0.501. The van der Waals surface area contributed by atoms with Gasteiger partial charge in [0.05, 0.1) is 29.4 Å². The van der Waals surface area contributed by atoms with Crippen LogP contribution in [-0.2, 0) is 14.8 Å². The van der Waals surface area contributed by atoms with E-state index in [0.717, 1.165) is 5.56 Å². The summed E-state index contributed by atoms with van der Waals surface area (Å²) in [5.41, 5.74) is 1.98. The normalized spacial score (nSPS) is 15.8. The average molecular weight is 468 g/mol. The minimum atomic E-state index is -4.33. The Morgan fingerprint density at radius 2 is 1.67 bits per heavy atom. The van der Waals surface area contributed by atoms with Crippen LogP contribution in [0.5, 0.6) is 5.75 Å². The molecule has 7 nitrogen and oxygen atoms in total. The number of nitrogens with zero attached hydrogens (tertiary/aromatic N) is 3. The molecule has 1 unspecified atom stereocenters. The van der Waals surface area contributed by atoms with E-state index >= 15 is 0 Å². The molecular formula is C24H22FN3O4S. The van der Waals surface area contributed by atoms with Gasteiger partial charge in [0.15, 0.2) is 0 Å². The van der Waals surface area contributed by atoms with Gasteiger partial charge in [0.2, 0.25) is 5.91 Å². The number of benzene rings is 3. The number of carbonyl (C=O) groups is 1. The molecule has 1 aliphatic rings. The molecule has 1 amide bonds. The fourth-order valence-electron chi connectivity index (χ4n) is 3.75. The van der Waals surface area contributed by atoms with Crippen LogP contribution in [0, 0.1) is 0 Å². The van der Waals surface area contributed by atoms with E-state index in [0.29, 0.717) is 23.4 Å². The van der Waals surface area contributed by atoms with Crippen molar-refractivity contribution in [3.05, 3.63) is 90.0 Å². The van der Waals surface area contributed by atoms with E-state index in [4.69, 9.17) is 4.74 Å². The molecule has 0 aliphatic carbocycles. The summed E-state index contributed by atoms with van der Waals surface area (Å²) in [6.07, 6.45) is 0.432. The predicted molar refractivity (Wildman–Crippen MR) is 123 cm³/mol. The molecule has 1 atom stereocenters. The number of hydrogen-bond acceptors (Lipinski definition) is 5. The van der Waals surface area contributed by atoms with Crippen molar-refractivity contribution >= 4 is 27.3 Å². The lowest BCUT2D eigenvalue weighted by Crippen LogP contribution is -2.24. The fourth-order valence-corrected chi connectivity index (χ4v) is 4.84. The number of hydrogen-bond donors (Lipinski definition) is 0. The summed E-state index contributed by atoms with van der Waals surface area (Å²) in [6, 6.07) is 20.4. The minimum absolute atomic E-state index is 0.133. The number of sulfonamides is 1. The lowest BCUT2D eigenvalue weighted by atomic mass is 9.97. The lowest BCUT2D eigenvalue weighted by molar-refractivity contribution is -0.130. The van der Waals surface area contributed by atoms with E-state index in [1.54, 1.807) is 25.3 Å². The second kappa shape index (κ2) is 9.03. The number of carbonyl (C=O) groups excluding carboxylic acids is 1. The van der Waals surface area contributed by atoms with Crippen LogP contribution in [-0.4, -0.2) is 32.2 Å². The maximum absolute atomic E-state index is 14.8. The maximum atomic E-state index is 14.8. The van der Waals surface area contributed by atoms with Gasteiger partial charge < -0.3 is 4.74 Å². The molecule has 3 aromatic rings. The molecule has 170 valence electrons. The molecule has 3 aromatic carbocycles. The second-order valence-electron chi connectivity index (χ2n) is 7.45. The Kier molecular flexibility index (Phi) is 6.15. The highest BCUT2D eigenvalue weighted by molar-refractivity contribution is 7.92. The van der Waals surface area contributed by atoms with Gasteiger partial charge >= 0.3 is 0 Å². The van der Waals surface area contributed by atoms with E-state index in [-0.39, 0.29) is 27.1 Å². The Bertz CT molecular complexity index is 1290. The van der Waals surface area contributed by atoms with Crippen molar-refractivity contribution in [2.45, 2.75) is 24.3 Å². The van der Waals surface area contributed by atoms with Gasteiger partial charge in [-0.25, -0.2) is 5.01 Å². The Hall–Kier alpha value is -3.72. The molecule has 0 N–H and O–H groups in total. The van der Waals surface area contributed by atoms with Crippen molar-refractivity contribution in [1.29, 1.82) is 0 Å². The Balaban J connectivity index is 1.60. The molecule has 0 aromatic heterocycles. The zero-order valence-electron chi connectivity index (χ0n) is 18.1. The highest BCUT2D eigenvalue weighted by atomic mass is 32.2. The van der Waals surface area contributed by atoms with E-state index in [1.807, 2.05) is 24.3 Å². The van der Waals surface area contributed by atoms with E-state index in [1.165, 1.54) is 48.3 Å². The highest BCUT2D eigenvalue weighted by Gasteiger charge is 2.33. The van der Waals surface area contributed by atoms with Crippen LogP contribution in [0.1, 0.15) is 30.5 Å². The summed E-state index contributed by atoms with van der Waals surface area (Å²) in [6.45, 7) is 1.44. The monoisotopic (exact) mass is 467 g/mol. The second-order valence-corrected chi connectivity index (χ2v) is 9.19. The van der Waals surface area contributed by atoms with Crippen molar-refractivity contribution < 1.29 is 22.4 Å². The van der Waals surface area contributed by atoms with Crippen LogP contribution in [0.2, 0.25) is 0 Å². The molecule has 0 fully saturated rings. The van der Waals surface area contributed by atoms with Crippen molar-refractivity contribution in [3.8, 4) is 5.75 Å². The molecule has 0 bridgehead atoms. The van der Waals surface area contributed by atoms with Crippen LogP contribution < -0.4 is 9.26 Å². The third-order valence-electron chi connectivity index (χ3n) is 5.39. The first-order valence-electron chi connectivity index (χ1n) is 10.2. The number of amides is 1. The number of halogens is 1. The molecule has 0 saturated heterocycles. The van der Waals surface area contributed by atoms with Crippen molar-refractivity contribution in [1.82, 2.24) is 5.01 Å². The van der Waals surface area contributed by atoms with Gasteiger partial charge in [-0.05, 0) is 35.9 Å². The largest absolute Gasteiger partial charge is 0.496 e. The Morgan fingerprint density at radius 1 is 1.03 bits per heavy atom. The first-order chi connectivity index (χ1) is 15.8. The first kappa shape index (κ1) is 22.5. The van der Waals surface area contributed by atoms with Gasteiger partial charge in [-0.1, -0.05) is 57.5 Å². The van der Waals surface area contributed by atoms with Gasteiger partial charge in [-0.3, -0.25) is 4.79 Å². The van der Waals surface area contributed by atoms with Crippen LogP contribution in [0.15, 0.2) is 88.9 Å². The number of anilines is 1. The Labute approximate surface area is 191 Å². The number of para-hydroxylation sites is 1. The standard InChI is InChI=1S/C24H22FN3O4S/c1-17(29)27-23(21-10-6-7-11-24(21)32-2)16-22(26-27)18-12-14-19(15-13-18)28(25)33(30,31)20-8-4-3-5-9-20/h3-15,23H,16H2,1-2H3. The topological polar surface area (TPSA) is 79.3 Å². The van der Waals surface area contributed by atoms with Crippen LogP contribution >= 0.6 is 0 Å². The van der Waals surface area contributed by atoms with Crippen LogP contribution in [0.4, 0.5) is 10.2 Å². The van der Waals surface area contributed by atoms with Crippen molar-refractivity contribution in [2.75, 3.05) is 11.6 Å². The van der Waals surface area contributed by atoms with E-state index < -0.39 is 10.0 Å². The van der Waals surface area contributed by atoms with Gasteiger partial charge in [0.1, 0.15) is 5.75 Å². The number of methoxy groups -OCH3 is 1. The number of ether oxygens (including phenoxy) is 1. The molecule has 0 saturated carbocycles. The molecule has 33 heavy (non-hydrogen) atoms. The van der Waals surface area contributed by atoms with E-state index in [9.17, 15) is 17.7 Å². The van der Waals surface area contributed by atoms with E-state index in [2.05, 4.69) is 5.10 Å². The van der Waals surface area contributed by atoms with Gasteiger partial charge in [0, 0.05) is 18.9 Å². The van der Waals surface area contributed by atoms with Crippen molar-refractivity contribution in [2.24, 2.45) is 5.10 Å². The molecule has 0 radical (unpaired) electrons. The summed E-state index contributed by atoms with van der Waals surface area (Å²) in [5.74, 6) is 0.432. The van der Waals surface area contributed by atoms with Gasteiger partial charge in [-0.15, -0.1) is 0 Å². The van der Waals surface area contributed by atoms with Crippen molar-refractivity contribution in [3.63, 3.8) is 0 Å². The highest BCUT2D eigenvalue weighted by Crippen LogP contribution is 2.37. The molecule has 0 spiro atoms. The summed E-state index contributed by atoms with van der Waals surface area (Å²) in [7, 11) is -2.76. The molecule has 9 heteroatoms. The third kappa shape index (κ3) is 4.31. The predicted octanol–water partition coefficient (Wildman–Crippen LogP) is 4.47. The SMILES string of the molecule is COc1ccccc1C1CC(c2ccc(N(F)S(=O)(=O)c3ccccc3)cc2)=NN1C(C)=O. The molecule has 1 aliphatic heterocycles. The zero-order chi connectivity index (χ0) is 23.6. The van der Waals surface area contributed by atoms with Gasteiger partial charge in [0.25, 0.3) is 10.0 Å². The summed E-state index contributed by atoms with van der Waals surface area (Å²) >= 11 is 0. The lowest BCUT2D eigenvalue weighted by Gasteiger charge is -2.22. The average Bonchev–Trinajstić information content (AvgIpc) is 3.30. The third-order valence-corrected chi connectivity index (χ3v) is 6.89. The maximum Gasteiger partial charge on any atom is 0.290 e. The summed E-state index contributed by atoms with van der Waals surface area (Å²) in [5, 5.41) is 5.89. The zero-order valence-corrected chi connectivity index (χ0v) is 18.9.